The third-order valence-corrected chi connectivity index (χ3v) is 8.56. The summed E-state index contributed by atoms with van der Waals surface area (Å²) in [6, 6.07) is 23.9. The lowest BCUT2D eigenvalue weighted by Gasteiger charge is -2.52. The monoisotopic (exact) mass is 513 g/mol. The fraction of sp³-hybridized carbons (Fsp3) is 0.375. The Morgan fingerprint density at radius 1 is 0.895 bits per heavy atom. The van der Waals surface area contributed by atoms with Gasteiger partial charge in [-0.3, -0.25) is 4.79 Å². The second kappa shape index (κ2) is 10.7. The molecule has 6 nitrogen and oxygen atoms in total. The summed E-state index contributed by atoms with van der Waals surface area (Å²) in [7, 11) is 0. The summed E-state index contributed by atoms with van der Waals surface area (Å²) >= 11 is 0. The van der Waals surface area contributed by atoms with Gasteiger partial charge in [-0.25, -0.2) is 4.79 Å². The van der Waals surface area contributed by atoms with Crippen molar-refractivity contribution in [1.82, 2.24) is 5.32 Å². The Hall–Kier alpha value is -3.48. The molecule has 2 bridgehead atoms. The molecule has 0 aliphatic carbocycles. The molecule has 0 aromatic heterocycles. The minimum atomic E-state index is -1.88. The minimum absolute atomic E-state index is 0.0375. The Morgan fingerprint density at radius 3 is 2.00 bits per heavy atom. The van der Waals surface area contributed by atoms with Crippen LogP contribution in [-0.4, -0.2) is 60.3 Å². The molecule has 0 saturated carbocycles. The SMILES string of the molecule is Cc1cccc(C)c1C(=O)NCC[N+]12CCC(CC1)[C@@H](OC(=O)C(O)(c1ccccc1)c1ccccc1)C2. The summed E-state index contributed by atoms with van der Waals surface area (Å²) in [4.78, 5) is 26.6. The van der Waals surface area contributed by atoms with E-state index in [1.807, 2.05) is 68.4 Å². The van der Waals surface area contributed by atoms with E-state index in [1.165, 1.54) is 0 Å². The highest BCUT2D eigenvalue weighted by atomic mass is 16.6. The second-order valence-corrected chi connectivity index (χ2v) is 10.9. The van der Waals surface area contributed by atoms with Crippen LogP contribution in [0, 0.1) is 19.8 Å². The number of esters is 1. The molecule has 3 aliphatic heterocycles. The average molecular weight is 514 g/mol. The summed E-state index contributed by atoms with van der Waals surface area (Å²) in [6.45, 7) is 8.01. The number of benzene rings is 3. The smallest absolute Gasteiger partial charge is 0.348 e. The Balaban J connectivity index is 1.28. The molecule has 3 aromatic rings. The highest BCUT2D eigenvalue weighted by Gasteiger charge is 2.50. The number of aryl methyl sites for hydroxylation is 2. The fourth-order valence-electron chi connectivity index (χ4n) is 6.32. The molecule has 6 rings (SSSR count). The third-order valence-electron chi connectivity index (χ3n) is 8.56. The Bertz CT molecular complexity index is 1220. The number of hydrogen-bond acceptors (Lipinski definition) is 4. The Labute approximate surface area is 224 Å². The topological polar surface area (TPSA) is 75.6 Å². The van der Waals surface area contributed by atoms with E-state index in [4.69, 9.17) is 4.74 Å². The van der Waals surface area contributed by atoms with Crippen LogP contribution in [-0.2, 0) is 15.1 Å². The molecule has 1 atom stereocenters. The van der Waals surface area contributed by atoms with Crippen molar-refractivity contribution in [3.8, 4) is 0 Å². The van der Waals surface area contributed by atoms with E-state index in [1.54, 1.807) is 24.3 Å². The zero-order valence-electron chi connectivity index (χ0n) is 22.2. The number of hydrogen-bond donors (Lipinski definition) is 2. The van der Waals surface area contributed by atoms with Crippen LogP contribution in [0.2, 0.25) is 0 Å². The number of ether oxygens (including phenoxy) is 1. The molecule has 38 heavy (non-hydrogen) atoms. The van der Waals surface area contributed by atoms with Crippen molar-refractivity contribution in [2.75, 3.05) is 32.7 Å². The number of piperidine rings is 3. The third kappa shape index (κ3) is 4.98. The number of aliphatic hydroxyl groups is 1. The predicted octanol–water partition coefficient (Wildman–Crippen LogP) is 4.12. The van der Waals surface area contributed by atoms with E-state index in [0.29, 0.717) is 30.1 Å². The normalized spacial score (nSPS) is 22.6. The van der Waals surface area contributed by atoms with E-state index in [-0.39, 0.29) is 12.0 Å². The Morgan fingerprint density at radius 2 is 1.45 bits per heavy atom. The summed E-state index contributed by atoms with van der Waals surface area (Å²) in [5, 5.41) is 14.9. The molecular weight excluding hydrogens is 476 g/mol. The molecule has 3 aromatic carbocycles. The first-order valence-electron chi connectivity index (χ1n) is 13.6. The molecule has 3 saturated heterocycles. The highest BCUT2D eigenvalue weighted by molar-refractivity contribution is 5.97. The predicted molar refractivity (Wildman–Crippen MR) is 146 cm³/mol. The van der Waals surface area contributed by atoms with Crippen molar-refractivity contribution in [2.24, 2.45) is 5.92 Å². The van der Waals surface area contributed by atoms with Crippen molar-refractivity contribution in [2.45, 2.75) is 38.4 Å². The van der Waals surface area contributed by atoms with E-state index in [0.717, 1.165) is 53.6 Å². The van der Waals surface area contributed by atoms with Gasteiger partial charge in [0.1, 0.15) is 6.54 Å². The second-order valence-electron chi connectivity index (χ2n) is 10.9. The number of nitrogens with one attached hydrogen (secondary N) is 1. The molecular formula is C32H37N2O4+. The van der Waals surface area contributed by atoms with Gasteiger partial charge in [0.25, 0.3) is 5.91 Å². The van der Waals surface area contributed by atoms with Crippen molar-refractivity contribution in [3.05, 3.63) is 107 Å². The summed E-state index contributed by atoms with van der Waals surface area (Å²) in [6.07, 6.45) is 1.67. The highest BCUT2D eigenvalue weighted by Crippen LogP contribution is 2.38. The van der Waals surface area contributed by atoms with Crippen molar-refractivity contribution < 1.29 is 23.9 Å². The van der Waals surface area contributed by atoms with E-state index >= 15 is 0 Å². The first-order valence-corrected chi connectivity index (χ1v) is 13.6. The molecule has 6 heteroatoms. The van der Waals surface area contributed by atoms with Gasteiger partial charge in [-0.05, 0) is 36.1 Å². The van der Waals surface area contributed by atoms with Crippen LogP contribution in [0.15, 0.2) is 78.9 Å². The molecule has 1 amide bonds. The fourth-order valence-corrected chi connectivity index (χ4v) is 6.32. The number of carbonyl (C=O) groups excluding carboxylic acids is 2. The standard InChI is InChI=1S/C32H36N2O4/c1-23-10-9-11-24(2)29(23)30(35)33-18-21-34-19-16-25(17-20-34)28(22-34)38-31(36)32(37,26-12-5-3-6-13-26)27-14-7-4-8-15-27/h3-15,25,28,37H,16-22H2,1-2H3/p+1/t25?,28-,34?/m0/s1. The summed E-state index contributed by atoms with van der Waals surface area (Å²) < 4.78 is 6.98. The lowest BCUT2D eigenvalue weighted by Crippen LogP contribution is -2.66. The van der Waals surface area contributed by atoms with Crippen LogP contribution in [0.3, 0.4) is 0 Å². The van der Waals surface area contributed by atoms with Gasteiger partial charge >= 0.3 is 5.97 Å². The lowest BCUT2D eigenvalue weighted by atomic mass is 9.82. The zero-order chi connectivity index (χ0) is 26.8. The van der Waals surface area contributed by atoms with Gasteiger partial charge in [0.15, 0.2) is 6.10 Å². The summed E-state index contributed by atoms with van der Waals surface area (Å²) in [5.41, 5.74) is 1.82. The van der Waals surface area contributed by atoms with Crippen LogP contribution < -0.4 is 5.32 Å². The van der Waals surface area contributed by atoms with Crippen LogP contribution in [0.4, 0.5) is 0 Å². The molecule has 3 fully saturated rings. The minimum Gasteiger partial charge on any atom is -0.453 e. The number of rotatable bonds is 8. The number of amides is 1. The van der Waals surface area contributed by atoms with Crippen LogP contribution >= 0.6 is 0 Å². The summed E-state index contributed by atoms with van der Waals surface area (Å²) in [5.74, 6) is -0.376. The van der Waals surface area contributed by atoms with Crippen LogP contribution in [0.25, 0.3) is 0 Å². The van der Waals surface area contributed by atoms with Crippen molar-refractivity contribution in [3.63, 3.8) is 0 Å². The number of nitrogens with zero attached hydrogens (tertiary/aromatic N) is 1. The van der Waals surface area contributed by atoms with Crippen LogP contribution in [0.5, 0.6) is 0 Å². The lowest BCUT2D eigenvalue weighted by molar-refractivity contribution is -0.945. The van der Waals surface area contributed by atoms with Gasteiger partial charge < -0.3 is 19.6 Å². The van der Waals surface area contributed by atoms with Crippen LogP contribution in [0.1, 0.15) is 45.5 Å². The van der Waals surface area contributed by atoms with E-state index in [9.17, 15) is 14.7 Å². The first kappa shape index (κ1) is 26.1. The van der Waals surface area contributed by atoms with Crippen molar-refractivity contribution in [1.29, 1.82) is 0 Å². The molecule has 198 valence electrons. The molecule has 3 heterocycles. The molecule has 2 N–H and O–H groups in total. The molecule has 0 spiro atoms. The van der Waals surface area contributed by atoms with Gasteiger partial charge in [0.2, 0.25) is 5.60 Å². The number of quaternary nitrogens is 1. The molecule has 0 unspecified atom stereocenters. The van der Waals surface area contributed by atoms with Crippen molar-refractivity contribution >= 4 is 11.9 Å². The van der Waals surface area contributed by atoms with Gasteiger partial charge in [-0.1, -0.05) is 78.9 Å². The van der Waals surface area contributed by atoms with Gasteiger partial charge in [-0.2, -0.15) is 0 Å². The maximum absolute atomic E-state index is 13.7. The van der Waals surface area contributed by atoms with E-state index in [2.05, 4.69) is 5.32 Å². The Kier molecular flexibility index (Phi) is 7.37. The molecule has 0 radical (unpaired) electrons. The molecule has 3 aliphatic rings. The largest absolute Gasteiger partial charge is 0.453 e. The van der Waals surface area contributed by atoms with Gasteiger partial charge in [0.05, 0.1) is 26.2 Å². The van der Waals surface area contributed by atoms with Gasteiger partial charge in [0, 0.05) is 24.3 Å². The maximum Gasteiger partial charge on any atom is 0.348 e. The van der Waals surface area contributed by atoms with E-state index < -0.39 is 11.6 Å². The maximum atomic E-state index is 13.7. The quantitative estimate of drug-likeness (QED) is 0.351. The first-order chi connectivity index (χ1) is 18.3. The van der Waals surface area contributed by atoms with Gasteiger partial charge in [-0.15, -0.1) is 0 Å². The number of fused-ring (bicyclic) bond motifs is 3. The number of carbonyl (C=O) groups is 2. The zero-order valence-corrected chi connectivity index (χ0v) is 22.2. The average Bonchev–Trinajstić information content (AvgIpc) is 2.94.